The van der Waals surface area contributed by atoms with E-state index in [2.05, 4.69) is 34.1 Å². The quantitative estimate of drug-likeness (QED) is 0.206. The molecule has 0 fully saturated rings. The van der Waals surface area contributed by atoms with E-state index in [0.29, 0.717) is 0 Å². The van der Waals surface area contributed by atoms with Gasteiger partial charge in [0.15, 0.2) is 0 Å². The van der Waals surface area contributed by atoms with Gasteiger partial charge in [-0.3, -0.25) is 0 Å². The molecule has 0 aliphatic rings. The molecule has 0 nitrogen and oxygen atoms in total. The Morgan fingerprint density at radius 3 is 1.17 bits per heavy atom. The molecule has 0 amide bonds. The van der Waals surface area contributed by atoms with Crippen molar-refractivity contribution in [3.8, 4) is 0 Å². The second-order valence-electron chi connectivity index (χ2n) is 8.05. The van der Waals surface area contributed by atoms with Crippen LogP contribution in [0.5, 0.6) is 0 Å². The zero-order valence-corrected chi connectivity index (χ0v) is 17.8. The van der Waals surface area contributed by atoms with Gasteiger partial charge in [-0.2, -0.15) is 0 Å². The van der Waals surface area contributed by atoms with Crippen LogP contribution in [0.2, 0.25) is 0 Å². The molecule has 0 heteroatoms. The summed E-state index contributed by atoms with van der Waals surface area (Å²) in [7, 11) is 0. The van der Waals surface area contributed by atoms with E-state index < -0.39 is 0 Å². The Morgan fingerprint density at radius 2 is 0.750 bits per heavy atom. The number of hydrogen-bond acceptors (Lipinski definition) is 0. The zero-order chi connectivity index (χ0) is 17.9. The van der Waals surface area contributed by atoms with Crippen LogP contribution in [0.15, 0.2) is 0 Å². The van der Waals surface area contributed by atoms with Gasteiger partial charge in [0.2, 0.25) is 0 Å². The molecule has 2 unspecified atom stereocenters. The average Bonchev–Trinajstić information content (AvgIpc) is 2.59. The molecule has 0 bridgehead atoms. The third-order valence-electron chi connectivity index (χ3n) is 5.51. The van der Waals surface area contributed by atoms with Gasteiger partial charge >= 0.3 is 0 Å². The maximum atomic E-state index is 2.82. The van der Waals surface area contributed by atoms with Crippen molar-refractivity contribution >= 4 is 0 Å². The summed E-state index contributed by atoms with van der Waals surface area (Å²) in [5.74, 6) is 1.81. The van der Waals surface area contributed by atoms with E-state index in [4.69, 9.17) is 0 Å². The van der Waals surface area contributed by atoms with Crippen molar-refractivity contribution in [3.63, 3.8) is 0 Å². The Morgan fingerprint density at radius 1 is 0.417 bits per heavy atom. The molecule has 0 aromatic rings. The van der Waals surface area contributed by atoms with Gasteiger partial charge in [-0.15, -0.1) is 0 Å². The topological polar surface area (TPSA) is 0 Å². The highest BCUT2D eigenvalue weighted by Gasteiger charge is 2.16. The van der Waals surface area contributed by atoms with Crippen molar-refractivity contribution in [2.75, 3.05) is 0 Å². The van der Waals surface area contributed by atoms with Crippen molar-refractivity contribution in [1.82, 2.24) is 0 Å². The van der Waals surface area contributed by atoms with E-state index in [9.17, 15) is 0 Å². The van der Waals surface area contributed by atoms with Crippen LogP contribution in [-0.4, -0.2) is 0 Å². The molecule has 0 saturated carbocycles. The standard InChI is InChI=1S/C24H49/c1-5-9-13-16-20-23(18-12-8-4)22-24(19-15-11-7-3)21-17-14-10-6-2/h22-24H,5-21H2,1-4H3. The average molecular weight is 338 g/mol. The van der Waals surface area contributed by atoms with E-state index in [1.54, 1.807) is 0 Å². The number of rotatable bonds is 19. The molecule has 0 rings (SSSR count). The summed E-state index contributed by atoms with van der Waals surface area (Å²) in [6, 6.07) is 0. The van der Waals surface area contributed by atoms with Gasteiger partial charge in [-0.05, 0) is 18.3 Å². The second-order valence-corrected chi connectivity index (χ2v) is 8.05. The second kappa shape index (κ2) is 19.3. The minimum atomic E-state index is 0.902. The minimum absolute atomic E-state index is 0.902. The molecule has 0 heterocycles. The van der Waals surface area contributed by atoms with E-state index in [-0.39, 0.29) is 0 Å². The molecule has 0 N–H and O–H groups in total. The first-order valence-corrected chi connectivity index (χ1v) is 11.6. The normalized spacial score (nSPS) is 14.0. The molecule has 0 saturated heterocycles. The van der Waals surface area contributed by atoms with E-state index >= 15 is 0 Å². The van der Waals surface area contributed by atoms with Gasteiger partial charge in [0.25, 0.3) is 0 Å². The van der Waals surface area contributed by atoms with Crippen molar-refractivity contribution in [3.05, 3.63) is 6.42 Å². The fourth-order valence-electron chi connectivity index (χ4n) is 3.85. The highest BCUT2D eigenvalue weighted by atomic mass is 14.2. The Balaban J connectivity index is 4.29. The molecule has 24 heavy (non-hydrogen) atoms. The summed E-state index contributed by atoms with van der Waals surface area (Å²) < 4.78 is 0. The SMILES string of the molecule is CCCCCCC([CH]C(CCCCC)CCCCCC)CCCC. The monoisotopic (exact) mass is 337 g/mol. The van der Waals surface area contributed by atoms with Gasteiger partial charge in [-0.1, -0.05) is 137 Å². The molecular formula is C24H49. The lowest BCUT2D eigenvalue weighted by Gasteiger charge is -2.24. The third-order valence-corrected chi connectivity index (χ3v) is 5.51. The molecule has 1 radical (unpaired) electrons. The van der Waals surface area contributed by atoms with Crippen LogP contribution in [0.4, 0.5) is 0 Å². The van der Waals surface area contributed by atoms with Crippen LogP contribution in [0.25, 0.3) is 0 Å². The van der Waals surface area contributed by atoms with Crippen molar-refractivity contribution in [2.45, 2.75) is 137 Å². The highest BCUT2D eigenvalue weighted by molar-refractivity contribution is 4.84. The fraction of sp³-hybridized carbons (Fsp3) is 0.958. The number of unbranched alkanes of at least 4 members (excludes halogenated alkanes) is 9. The maximum Gasteiger partial charge on any atom is -0.0324 e. The lowest BCUT2D eigenvalue weighted by Crippen LogP contribution is -2.11. The van der Waals surface area contributed by atoms with Gasteiger partial charge in [0.1, 0.15) is 0 Å². The Hall–Kier alpha value is 0. The summed E-state index contributed by atoms with van der Waals surface area (Å²) in [5.41, 5.74) is 0. The molecule has 145 valence electrons. The van der Waals surface area contributed by atoms with Gasteiger partial charge in [0.05, 0.1) is 0 Å². The first-order chi connectivity index (χ1) is 11.8. The smallest absolute Gasteiger partial charge is 0.0324 e. The van der Waals surface area contributed by atoms with Gasteiger partial charge in [-0.25, -0.2) is 0 Å². The van der Waals surface area contributed by atoms with Crippen LogP contribution in [0.3, 0.4) is 0 Å². The minimum Gasteiger partial charge on any atom is -0.0654 e. The highest BCUT2D eigenvalue weighted by Crippen LogP contribution is 2.29. The van der Waals surface area contributed by atoms with Crippen molar-refractivity contribution in [2.24, 2.45) is 11.8 Å². The summed E-state index contributed by atoms with van der Waals surface area (Å²) in [6.07, 6.45) is 27.0. The maximum absolute atomic E-state index is 2.82. The molecule has 0 aromatic heterocycles. The van der Waals surface area contributed by atoms with Crippen LogP contribution >= 0.6 is 0 Å². The van der Waals surface area contributed by atoms with E-state index in [0.717, 1.165) is 11.8 Å². The molecule has 0 spiro atoms. The van der Waals surface area contributed by atoms with Crippen LogP contribution in [-0.2, 0) is 0 Å². The first kappa shape index (κ1) is 24.0. The predicted octanol–water partition coefficient (Wildman–Crippen LogP) is 9.13. The summed E-state index contributed by atoms with van der Waals surface area (Å²) >= 11 is 0. The molecule has 2 atom stereocenters. The van der Waals surface area contributed by atoms with Crippen LogP contribution in [0, 0.1) is 18.3 Å². The Labute approximate surface area is 155 Å². The third kappa shape index (κ3) is 15.5. The Kier molecular flexibility index (Phi) is 19.3. The molecular weight excluding hydrogens is 288 g/mol. The summed E-state index contributed by atoms with van der Waals surface area (Å²) in [5, 5.41) is 0. The summed E-state index contributed by atoms with van der Waals surface area (Å²) in [6.45, 7) is 9.32. The largest absolute Gasteiger partial charge is 0.0654 e. The van der Waals surface area contributed by atoms with Gasteiger partial charge < -0.3 is 0 Å². The van der Waals surface area contributed by atoms with Gasteiger partial charge in [0, 0.05) is 0 Å². The lowest BCUT2D eigenvalue weighted by molar-refractivity contribution is 0.369. The zero-order valence-electron chi connectivity index (χ0n) is 17.8. The summed E-state index contributed by atoms with van der Waals surface area (Å²) in [4.78, 5) is 0. The Bertz CT molecular complexity index is 220. The molecule has 0 aromatic carbocycles. The lowest BCUT2D eigenvalue weighted by atomic mass is 9.82. The number of hydrogen-bond donors (Lipinski definition) is 0. The van der Waals surface area contributed by atoms with E-state index in [1.807, 2.05) is 0 Å². The van der Waals surface area contributed by atoms with Crippen LogP contribution < -0.4 is 0 Å². The first-order valence-electron chi connectivity index (χ1n) is 11.6. The molecule has 0 aliphatic heterocycles. The van der Waals surface area contributed by atoms with Crippen molar-refractivity contribution in [1.29, 1.82) is 0 Å². The van der Waals surface area contributed by atoms with E-state index in [1.165, 1.54) is 109 Å². The van der Waals surface area contributed by atoms with Crippen LogP contribution in [0.1, 0.15) is 137 Å². The molecule has 0 aliphatic carbocycles. The van der Waals surface area contributed by atoms with Crippen molar-refractivity contribution < 1.29 is 0 Å². The predicted molar refractivity (Wildman–Crippen MR) is 112 cm³/mol. The fourth-order valence-corrected chi connectivity index (χ4v) is 3.85.